The van der Waals surface area contributed by atoms with Crippen LogP contribution in [-0.4, -0.2) is 27.7 Å². The first-order chi connectivity index (χ1) is 9.42. The van der Waals surface area contributed by atoms with Gasteiger partial charge in [0.15, 0.2) is 0 Å². The summed E-state index contributed by atoms with van der Waals surface area (Å²) in [6.07, 6.45) is 2.32. The van der Waals surface area contributed by atoms with Gasteiger partial charge in [-0.25, -0.2) is 4.98 Å². The molecule has 1 atom stereocenters. The number of hydrogen-bond donors (Lipinski definition) is 1. The summed E-state index contributed by atoms with van der Waals surface area (Å²) in [4.78, 5) is 31.5. The maximum atomic E-state index is 12.5. The summed E-state index contributed by atoms with van der Waals surface area (Å²) in [6.45, 7) is 4.71. The van der Waals surface area contributed by atoms with Crippen LogP contribution < -0.4 is 11.1 Å². The van der Waals surface area contributed by atoms with E-state index in [0.717, 1.165) is 6.42 Å². The molecule has 0 spiro atoms. The first kappa shape index (κ1) is 13.5. The number of aryl methyl sites for hydroxylation is 1. The van der Waals surface area contributed by atoms with Crippen LogP contribution in [0, 0.1) is 6.92 Å². The fourth-order valence-electron chi connectivity index (χ4n) is 2.52. The number of H-pyrrole nitrogens is 1. The van der Waals surface area contributed by atoms with Gasteiger partial charge in [0.05, 0.1) is 23.0 Å². The third-order valence-electron chi connectivity index (χ3n) is 3.73. The number of nitrogens with one attached hydrogen (secondary N) is 1. The maximum Gasteiger partial charge on any atom is 0.267 e. The van der Waals surface area contributed by atoms with Crippen LogP contribution in [0.15, 0.2) is 20.3 Å². The standard InChI is InChI=1S/C13H14BrN3O3/c1-7-15-10-8(11(18)16-7)5-17(12(19)9(10)14)13(2)3-4-20-6-13/h5H,3-4,6H2,1-2H3,(H,15,16,18). The van der Waals surface area contributed by atoms with Gasteiger partial charge in [-0.05, 0) is 36.2 Å². The van der Waals surface area contributed by atoms with Gasteiger partial charge in [-0.1, -0.05) is 0 Å². The molecule has 1 aliphatic heterocycles. The Morgan fingerprint density at radius 2 is 2.25 bits per heavy atom. The van der Waals surface area contributed by atoms with E-state index in [0.29, 0.717) is 34.4 Å². The van der Waals surface area contributed by atoms with E-state index >= 15 is 0 Å². The highest BCUT2D eigenvalue weighted by atomic mass is 79.9. The summed E-state index contributed by atoms with van der Waals surface area (Å²) < 4.78 is 7.29. The van der Waals surface area contributed by atoms with E-state index in [9.17, 15) is 9.59 Å². The van der Waals surface area contributed by atoms with E-state index in [1.54, 1.807) is 17.7 Å². The molecular weight excluding hydrogens is 326 g/mol. The molecule has 6 nitrogen and oxygen atoms in total. The largest absolute Gasteiger partial charge is 0.379 e. The first-order valence-corrected chi connectivity index (χ1v) is 7.12. The van der Waals surface area contributed by atoms with Crippen molar-refractivity contribution in [3.8, 4) is 0 Å². The predicted octanol–water partition coefficient (Wildman–Crippen LogP) is 1.29. The van der Waals surface area contributed by atoms with Gasteiger partial charge < -0.3 is 14.3 Å². The zero-order chi connectivity index (χ0) is 14.5. The van der Waals surface area contributed by atoms with E-state index in [1.807, 2.05) is 6.92 Å². The molecule has 1 saturated heterocycles. The lowest BCUT2D eigenvalue weighted by molar-refractivity contribution is 0.160. The number of hydrogen-bond acceptors (Lipinski definition) is 4. The summed E-state index contributed by atoms with van der Waals surface area (Å²) in [5.74, 6) is 0.482. The van der Waals surface area contributed by atoms with Gasteiger partial charge in [0, 0.05) is 12.8 Å². The van der Waals surface area contributed by atoms with E-state index in [2.05, 4.69) is 25.9 Å². The molecule has 0 radical (unpaired) electrons. The monoisotopic (exact) mass is 339 g/mol. The highest BCUT2D eigenvalue weighted by molar-refractivity contribution is 9.10. The normalized spacial score (nSPS) is 22.6. The molecule has 2 aromatic rings. The Kier molecular flexibility index (Phi) is 3.06. The highest BCUT2D eigenvalue weighted by Gasteiger charge is 2.33. The number of aromatic amines is 1. The van der Waals surface area contributed by atoms with Crippen LogP contribution in [0.5, 0.6) is 0 Å². The Morgan fingerprint density at radius 3 is 2.90 bits per heavy atom. The molecule has 7 heteroatoms. The molecule has 3 rings (SSSR count). The van der Waals surface area contributed by atoms with Gasteiger partial charge in [0.25, 0.3) is 11.1 Å². The molecule has 0 aliphatic carbocycles. The number of halogens is 1. The second-order valence-electron chi connectivity index (χ2n) is 5.33. The SMILES string of the molecule is Cc1nc2c(Br)c(=O)n(C3(C)CCOC3)cc2c(=O)[nH]1. The molecule has 0 saturated carbocycles. The summed E-state index contributed by atoms with van der Waals surface area (Å²) in [5, 5.41) is 0.398. The van der Waals surface area contributed by atoms with Crippen molar-refractivity contribution < 1.29 is 4.74 Å². The number of nitrogens with zero attached hydrogens (tertiary/aromatic N) is 2. The van der Waals surface area contributed by atoms with Crippen LogP contribution >= 0.6 is 15.9 Å². The van der Waals surface area contributed by atoms with Crippen molar-refractivity contribution >= 4 is 26.8 Å². The van der Waals surface area contributed by atoms with E-state index < -0.39 is 5.54 Å². The van der Waals surface area contributed by atoms with Crippen molar-refractivity contribution in [3.05, 3.63) is 37.2 Å². The zero-order valence-corrected chi connectivity index (χ0v) is 12.8. The Labute approximate surface area is 122 Å². The van der Waals surface area contributed by atoms with Gasteiger partial charge in [0.1, 0.15) is 10.3 Å². The third-order valence-corrected chi connectivity index (χ3v) is 4.44. The third kappa shape index (κ3) is 1.92. The van der Waals surface area contributed by atoms with Gasteiger partial charge in [-0.3, -0.25) is 9.59 Å². The van der Waals surface area contributed by atoms with Crippen molar-refractivity contribution in [1.29, 1.82) is 0 Å². The lowest BCUT2D eigenvalue weighted by atomic mass is 10.0. The van der Waals surface area contributed by atoms with Crippen molar-refractivity contribution in [1.82, 2.24) is 14.5 Å². The zero-order valence-electron chi connectivity index (χ0n) is 11.2. The molecule has 0 aromatic carbocycles. The molecule has 1 fully saturated rings. The lowest BCUT2D eigenvalue weighted by Gasteiger charge is -2.25. The van der Waals surface area contributed by atoms with E-state index in [4.69, 9.17) is 4.74 Å². The van der Waals surface area contributed by atoms with Crippen molar-refractivity contribution in [3.63, 3.8) is 0 Å². The number of aromatic nitrogens is 3. The smallest absolute Gasteiger partial charge is 0.267 e. The predicted molar refractivity (Wildman–Crippen MR) is 78.1 cm³/mol. The average Bonchev–Trinajstić information content (AvgIpc) is 2.82. The Bertz CT molecular complexity index is 803. The molecular formula is C13H14BrN3O3. The van der Waals surface area contributed by atoms with Crippen LogP contribution in [0.1, 0.15) is 19.2 Å². The minimum Gasteiger partial charge on any atom is -0.379 e. The average molecular weight is 340 g/mol. The second-order valence-corrected chi connectivity index (χ2v) is 6.12. The lowest BCUT2D eigenvalue weighted by Crippen LogP contribution is -2.39. The number of fused-ring (bicyclic) bond motifs is 1. The Hall–Kier alpha value is -1.47. The van der Waals surface area contributed by atoms with Crippen LogP contribution in [0.4, 0.5) is 0 Å². The summed E-state index contributed by atoms with van der Waals surface area (Å²) in [5.41, 5.74) is -0.465. The Morgan fingerprint density at radius 1 is 1.50 bits per heavy atom. The van der Waals surface area contributed by atoms with Gasteiger partial charge in [-0.15, -0.1) is 0 Å². The molecule has 106 valence electrons. The number of rotatable bonds is 1. The van der Waals surface area contributed by atoms with Gasteiger partial charge in [-0.2, -0.15) is 0 Å². The fourth-order valence-corrected chi connectivity index (χ4v) is 3.02. The molecule has 0 bridgehead atoms. The highest BCUT2D eigenvalue weighted by Crippen LogP contribution is 2.27. The first-order valence-electron chi connectivity index (χ1n) is 6.32. The van der Waals surface area contributed by atoms with Crippen LogP contribution in [0.3, 0.4) is 0 Å². The molecule has 0 amide bonds. The number of ether oxygens (including phenoxy) is 1. The maximum absolute atomic E-state index is 12.5. The molecule has 1 unspecified atom stereocenters. The molecule has 20 heavy (non-hydrogen) atoms. The second kappa shape index (κ2) is 4.53. The van der Waals surface area contributed by atoms with E-state index in [1.165, 1.54) is 0 Å². The van der Waals surface area contributed by atoms with Crippen molar-refractivity contribution in [2.24, 2.45) is 0 Å². The summed E-state index contributed by atoms with van der Waals surface area (Å²) >= 11 is 3.28. The summed E-state index contributed by atoms with van der Waals surface area (Å²) in [6, 6.07) is 0. The van der Waals surface area contributed by atoms with Gasteiger partial charge in [0.2, 0.25) is 0 Å². The van der Waals surface area contributed by atoms with Crippen molar-refractivity contribution in [2.45, 2.75) is 25.8 Å². The van der Waals surface area contributed by atoms with Crippen LogP contribution in [0.25, 0.3) is 10.9 Å². The summed E-state index contributed by atoms with van der Waals surface area (Å²) in [7, 11) is 0. The van der Waals surface area contributed by atoms with Crippen LogP contribution in [-0.2, 0) is 10.3 Å². The van der Waals surface area contributed by atoms with Gasteiger partial charge >= 0.3 is 0 Å². The number of pyridine rings is 1. The molecule has 1 aliphatic rings. The van der Waals surface area contributed by atoms with Crippen LogP contribution in [0.2, 0.25) is 0 Å². The molecule has 3 heterocycles. The van der Waals surface area contributed by atoms with Crippen molar-refractivity contribution in [2.75, 3.05) is 13.2 Å². The van der Waals surface area contributed by atoms with E-state index in [-0.39, 0.29) is 11.1 Å². The quantitative estimate of drug-likeness (QED) is 0.849. The molecule has 2 aromatic heterocycles. The minimum absolute atomic E-state index is 0.192. The fraction of sp³-hybridized carbons (Fsp3) is 0.462. The minimum atomic E-state index is -0.425. The topological polar surface area (TPSA) is 77.0 Å². The molecule has 1 N–H and O–H groups in total. The Balaban J connectivity index is 2.39.